The van der Waals surface area contributed by atoms with Gasteiger partial charge in [0.2, 0.25) is 5.91 Å². The summed E-state index contributed by atoms with van der Waals surface area (Å²) in [6.07, 6.45) is 5.84. The van der Waals surface area contributed by atoms with Crippen molar-refractivity contribution in [1.29, 1.82) is 0 Å². The molecule has 8 heteroatoms. The van der Waals surface area contributed by atoms with Gasteiger partial charge in [-0.3, -0.25) is 14.8 Å². The fourth-order valence-corrected chi connectivity index (χ4v) is 5.09. The Balaban J connectivity index is 1.12. The summed E-state index contributed by atoms with van der Waals surface area (Å²) < 4.78 is 0. The van der Waals surface area contributed by atoms with Crippen molar-refractivity contribution in [2.45, 2.75) is 13.0 Å². The highest BCUT2D eigenvalue weighted by Gasteiger charge is 2.19. The minimum Gasteiger partial charge on any atom is -0.368 e. The van der Waals surface area contributed by atoms with Gasteiger partial charge in [-0.2, -0.15) is 0 Å². The van der Waals surface area contributed by atoms with E-state index in [0.717, 1.165) is 71.0 Å². The first-order chi connectivity index (χ1) is 19.6. The van der Waals surface area contributed by atoms with Crippen LogP contribution in [0.2, 0.25) is 0 Å². The van der Waals surface area contributed by atoms with E-state index in [0.29, 0.717) is 13.0 Å². The van der Waals surface area contributed by atoms with Gasteiger partial charge in [0.05, 0.1) is 23.7 Å². The van der Waals surface area contributed by atoms with Crippen LogP contribution < -0.4 is 20.9 Å². The zero-order chi connectivity index (χ0) is 27.3. The van der Waals surface area contributed by atoms with E-state index < -0.39 is 0 Å². The number of nitrogens with one attached hydrogen (secondary N) is 1. The lowest BCUT2D eigenvalue weighted by molar-refractivity contribution is -0.115. The third-order valence-corrected chi connectivity index (χ3v) is 7.25. The van der Waals surface area contributed by atoms with Crippen LogP contribution in [0.1, 0.15) is 11.1 Å². The van der Waals surface area contributed by atoms with Crippen molar-refractivity contribution in [2.75, 3.05) is 41.3 Å². The average Bonchev–Trinajstić information content (AvgIpc) is 3.01. The number of nitrogens with two attached hydrogens (primary N) is 1. The van der Waals surface area contributed by atoms with Crippen molar-refractivity contribution in [3.63, 3.8) is 0 Å². The molecule has 8 nitrogen and oxygen atoms in total. The molecule has 40 heavy (non-hydrogen) atoms. The van der Waals surface area contributed by atoms with E-state index in [1.165, 1.54) is 5.69 Å². The Morgan fingerprint density at radius 3 is 2.30 bits per heavy atom. The van der Waals surface area contributed by atoms with Gasteiger partial charge in [0.1, 0.15) is 5.82 Å². The first-order valence-corrected chi connectivity index (χ1v) is 13.5. The van der Waals surface area contributed by atoms with Gasteiger partial charge in [0, 0.05) is 56.5 Å². The maximum atomic E-state index is 12.6. The number of amides is 1. The summed E-state index contributed by atoms with van der Waals surface area (Å²) in [4.78, 5) is 31.0. The Morgan fingerprint density at radius 1 is 0.800 bits per heavy atom. The van der Waals surface area contributed by atoms with Crippen LogP contribution in [-0.2, 0) is 17.8 Å². The molecule has 1 aliphatic heterocycles. The second-order valence-electron chi connectivity index (χ2n) is 9.94. The molecule has 0 radical (unpaired) electrons. The van der Waals surface area contributed by atoms with Crippen LogP contribution in [0, 0.1) is 0 Å². The largest absolute Gasteiger partial charge is 0.368 e. The lowest BCUT2D eigenvalue weighted by Gasteiger charge is -2.36. The Bertz CT molecular complexity index is 1610. The lowest BCUT2D eigenvalue weighted by atomic mass is 10.0. The number of pyridine rings is 1. The van der Waals surface area contributed by atoms with Gasteiger partial charge in [-0.15, -0.1) is 0 Å². The van der Waals surface area contributed by atoms with E-state index in [4.69, 9.17) is 10.7 Å². The Hall–Kier alpha value is -4.82. The molecule has 6 rings (SSSR count). The fourth-order valence-electron chi connectivity index (χ4n) is 5.09. The van der Waals surface area contributed by atoms with E-state index in [-0.39, 0.29) is 5.91 Å². The van der Waals surface area contributed by atoms with Crippen molar-refractivity contribution < 1.29 is 4.79 Å². The summed E-state index contributed by atoms with van der Waals surface area (Å²) in [5, 5.41) is 2.99. The second kappa shape index (κ2) is 11.5. The molecule has 1 fully saturated rings. The second-order valence-corrected chi connectivity index (χ2v) is 9.94. The number of carbonyl (C=O) groups excluding carboxylic acids is 1. The quantitative estimate of drug-likeness (QED) is 0.316. The third kappa shape index (κ3) is 5.77. The molecule has 1 aliphatic rings. The molecule has 0 bridgehead atoms. The first kappa shape index (κ1) is 25.5. The smallest absolute Gasteiger partial charge is 0.228 e. The van der Waals surface area contributed by atoms with Gasteiger partial charge < -0.3 is 20.9 Å². The summed E-state index contributed by atoms with van der Waals surface area (Å²) in [5.41, 5.74) is 13.5. The Morgan fingerprint density at radius 2 is 1.52 bits per heavy atom. The van der Waals surface area contributed by atoms with Crippen LogP contribution in [0.15, 0.2) is 97.5 Å². The van der Waals surface area contributed by atoms with Crippen LogP contribution >= 0.6 is 0 Å². The molecule has 1 saturated heterocycles. The van der Waals surface area contributed by atoms with E-state index in [1.54, 1.807) is 0 Å². The van der Waals surface area contributed by atoms with Gasteiger partial charge in [0.25, 0.3) is 0 Å². The SMILES string of the molecule is NCc1cccc(CC(=O)Nc2ccc(-c3ccc4ncc(N5CCN(c6ccncc6)CC5)nc4c3)cc2)c1. The van der Waals surface area contributed by atoms with Crippen LogP contribution in [0.3, 0.4) is 0 Å². The summed E-state index contributed by atoms with van der Waals surface area (Å²) in [6, 6.07) is 25.9. The van der Waals surface area contributed by atoms with Gasteiger partial charge in [-0.1, -0.05) is 42.5 Å². The highest BCUT2D eigenvalue weighted by atomic mass is 16.1. The minimum absolute atomic E-state index is 0.0583. The van der Waals surface area contributed by atoms with Gasteiger partial charge in [0.15, 0.2) is 0 Å². The molecular weight excluding hydrogens is 498 g/mol. The normalized spacial score (nSPS) is 13.4. The molecule has 0 saturated carbocycles. The monoisotopic (exact) mass is 529 g/mol. The van der Waals surface area contributed by atoms with E-state index in [9.17, 15) is 4.79 Å². The molecule has 3 heterocycles. The zero-order valence-electron chi connectivity index (χ0n) is 22.2. The number of benzene rings is 3. The molecule has 3 N–H and O–H groups in total. The number of hydrogen-bond donors (Lipinski definition) is 2. The van der Waals surface area contributed by atoms with Crippen LogP contribution in [-0.4, -0.2) is 47.0 Å². The number of rotatable bonds is 7. The van der Waals surface area contributed by atoms with Crippen molar-refractivity contribution in [1.82, 2.24) is 15.0 Å². The van der Waals surface area contributed by atoms with Gasteiger partial charge in [-0.25, -0.2) is 4.98 Å². The van der Waals surface area contributed by atoms with Crippen LogP contribution in [0.5, 0.6) is 0 Å². The van der Waals surface area contributed by atoms with Crippen molar-refractivity contribution in [2.24, 2.45) is 5.73 Å². The summed E-state index contributed by atoms with van der Waals surface area (Å²) in [7, 11) is 0. The third-order valence-electron chi connectivity index (χ3n) is 7.25. The predicted molar refractivity (Wildman–Crippen MR) is 160 cm³/mol. The molecule has 5 aromatic rings. The number of piperazine rings is 1. The van der Waals surface area contributed by atoms with Crippen LogP contribution in [0.25, 0.3) is 22.2 Å². The maximum Gasteiger partial charge on any atom is 0.228 e. The fraction of sp³-hybridized carbons (Fsp3) is 0.188. The van der Waals surface area contributed by atoms with E-state index >= 15 is 0 Å². The molecular formula is C32H31N7O. The van der Waals surface area contributed by atoms with Crippen molar-refractivity contribution in [3.05, 3.63) is 109 Å². The topological polar surface area (TPSA) is 100 Å². The van der Waals surface area contributed by atoms with E-state index in [2.05, 4.69) is 49.4 Å². The number of anilines is 3. The van der Waals surface area contributed by atoms with Crippen molar-refractivity contribution >= 4 is 34.1 Å². The molecule has 3 aromatic carbocycles. The Kier molecular flexibility index (Phi) is 7.32. The Labute approximate surface area is 233 Å². The summed E-state index contributed by atoms with van der Waals surface area (Å²) in [6.45, 7) is 4.07. The molecule has 0 unspecified atom stereocenters. The highest BCUT2D eigenvalue weighted by molar-refractivity contribution is 5.92. The number of aromatic nitrogens is 3. The molecule has 0 spiro atoms. The van der Waals surface area contributed by atoms with Crippen molar-refractivity contribution in [3.8, 4) is 11.1 Å². The average molecular weight is 530 g/mol. The minimum atomic E-state index is -0.0583. The van der Waals surface area contributed by atoms with Gasteiger partial charge in [-0.05, 0) is 58.7 Å². The summed E-state index contributed by atoms with van der Waals surface area (Å²) >= 11 is 0. The molecule has 2 aromatic heterocycles. The number of hydrogen-bond acceptors (Lipinski definition) is 7. The molecule has 0 aliphatic carbocycles. The lowest BCUT2D eigenvalue weighted by Crippen LogP contribution is -2.46. The van der Waals surface area contributed by atoms with Gasteiger partial charge >= 0.3 is 0 Å². The maximum absolute atomic E-state index is 12.6. The standard InChI is InChI=1S/C32H31N7O/c33-21-24-3-1-2-23(18-24)19-32(40)36-27-7-4-25(5-8-27)26-6-9-29-30(20-26)37-31(22-35-29)39-16-14-38(15-17-39)28-10-12-34-13-11-28/h1-13,18,20,22H,14-17,19,21,33H2,(H,36,40). The van der Waals surface area contributed by atoms with Crippen LogP contribution in [0.4, 0.5) is 17.2 Å². The number of carbonyl (C=O) groups is 1. The van der Waals surface area contributed by atoms with E-state index in [1.807, 2.05) is 73.2 Å². The zero-order valence-corrected chi connectivity index (χ0v) is 22.2. The summed E-state index contributed by atoms with van der Waals surface area (Å²) in [5.74, 6) is 0.839. The number of fused-ring (bicyclic) bond motifs is 1. The number of nitrogens with zero attached hydrogens (tertiary/aromatic N) is 5. The molecule has 0 atom stereocenters. The highest BCUT2D eigenvalue weighted by Crippen LogP contribution is 2.26. The molecule has 200 valence electrons. The predicted octanol–water partition coefficient (Wildman–Crippen LogP) is 4.66. The molecule has 1 amide bonds. The first-order valence-electron chi connectivity index (χ1n) is 13.5.